The quantitative estimate of drug-likeness (QED) is 0.259. The number of hydrogen-bond acceptors (Lipinski definition) is 2. The minimum atomic E-state index is -0.262. The van der Waals surface area contributed by atoms with Gasteiger partial charge in [0.15, 0.2) is 0 Å². The first-order valence-corrected chi connectivity index (χ1v) is 7.80. The molecule has 0 heterocycles. The van der Waals surface area contributed by atoms with Crippen LogP contribution < -0.4 is 0 Å². The Labute approximate surface area is 119 Å². The SMILES string of the molecule is [CH2]CCCCCCCCCCCCOC(=O)C(=C)C. The number of carbonyl (C=O) groups excluding carboxylic acids is 1. The van der Waals surface area contributed by atoms with Crippen LogP contribution in [0.2, 0.25) is 0 Å². The molecule has 0 saturated heterocycles. The zero-order valence-electron chi connectivity index (χ0n) is 12.7. The number of hydrogen-bond donors (Lipinski definition) is 0. The molecule has 0 N–H and O–H groups in total. The van der Waals surface area contributed by atoms with Crippen molar-refractivity contribution in [3.63, 3.8) is 0 Å². The summed E-state index contributed by atoms with van der Waals surface area (Å²) in [4.78, 5) is 11.1. The number of esters is 1. The molecule has 0 fully saturated rings. The monoisotopic (exact) mass is 267 g/mol. The Kier molecular flexibility index (Phi) is 13.1. The van der Waals surface area contributed by atoms with E-state index in [1.165, 1.54) is 51.4 Å². The molecule has 0 aliphatic rings. The van der Waals surface area contributed by atoms with Gasteiger partial charge in [0.25, 0.3) is 0 Å². The maximum atomic E-state index is 11.1. The molecule has 0 amide bonds. The lowest BCUT2D eigenvalue weighted by Crippen LogP contribution is -2.05. The summed E-state index contributed by atoms with van der Waals surface area (Å²) >= 11 is 0. The zero-order chi connectivity index (χ0) is 14.3. The Balaban J connectivity index is 3.07. The number of ether oxygens (including phenoxy) is 1. The predicted molar refractivity (Wildman–Crippen MR) is 81.9 cm³/mol. The molecule has 0 atom stereocenters. The lowest BCUT2D eigenvalue weighted by Gasteiger charge is -2.04. The third-order valence-corrected chi connectivity index (χ3v) is 3.23. The van der Waals surface area contributed by atoms with Crippen molar-refractivity contribution < 1.29 is 9.53 Å². The second kappa shape index (κ2) is 13.6. The van der Waals surface area contributed by atoms with Gasteiger partial charge in [-0.2, -0.15) is 0 Å². The molecule has 0 spiro atoms. The van der Waals surface area contributed by atoms with Gasteiger partial charge in [0.2, 0.25) is 0 Å². The van der Waals surface area contributed by atoms with Crippen LogP contribution in [0.1, 0.15) is 77.6 Å². The van der Waals surface area contributed by atoms with Crippen molar-refractivity contribution in [2.45, 2.75) is 77.6 Å². The van der Waals surface area contributed by atoms with Gasteiger partial charge in [-0.05, 0) is 13.3 Å². The Morgan fingerprint density at radius 1 is 0.842 bits per heavy atom. The summed E-state index contributed by atoms with van der Waals surface area (Å²) in [6.45, 7) is 9.62. The van der Waals surface area contributed by atoms with Crippen LogP contribution in [0.4, 0.5) is 0 Å². The lowest BCUT2D eigenvalue weighted by molar-refractivity contribution is -0.139. The number of rotatable bonds is 13. The van der Waals surface area contributed by atoms with Crippen molar-refractivity contribution in [1.82, 2.24) is 0 Å². The summed E-state index contributed by atoms with van der Waals surface area (Å²) in [7, 11) is 0. The molecule has 0 aromatic rings. The molecule has 0 aromatic heterocycles. The highest BCUT2D eigenvalue weighted by Gasteiger charge is 2.01. The molecule has 0 saturated carbocycles. The molecular weight excluding hydrogens is 236 g/mol. The molecular formula is C17H31O2. The first kappa shape index (κ1) is 18.2. The Morgan fingerprint density at radius 2 is 1.26 bits per heavy atom. The summed E-state index contributed by atoms with van der Waals surface area (Å²) in [5, 5.41) is 0. The standard InChI is InChI=1S/C17H31O2/c1-4-5-6-7-8-9-10-11-12-13-14-15-19-17(18)16(2)3/h1-2,4-15H2,3H3. The van der Waals surface area contributed by atoms with Crippen LogP contribution in [0.25, 0.3) is 0 Å². The van der Waals surface area contributed by atoms with Gasteiger partial charge in [0, 0.05) is 5.57 Å². The van der Waals surface area contributed by atoms with Gasteiger partial charge in [-0.3, -0.25) is 0 Å². The summed E-state index contributed by atoms with van der Waals surface area (Å²) < 4.78 is 5.04. The first-order chi connectivity index (χ1) is 9.18. The predicted octanol–water partition coefficient (Wildman–Crippen LogP) is 5.23. The van der Waals surface area contributed by atoms with E-state index in [1.807, 2.05) is 0 Å². The Bertz CT molecular complexity index is 233. The summed E-state index contributed by atoms with van der Waals surface area (Å²) in [5.41, 5.74) is 0.485. The van der Waals surface area contributed by atoms with Crippen LogP contribution in [-0.4, -0.2) is 12.6 Å². The topological polar surface area (TPSA) is 26.3 Å². The highest BCUT2D eigenvalue weighted by molar-refractivity contribution is 5.86. The van der Waals surface area contributed by atoms with E-state index in [1.54, 1.807) is 6.92 Å². The van der Waals surface area contributed by atoms with Gasteiger partial charge in [-0.25, -0.2) is 4.79 Å². The normalized spacial score (nSPS) is 10.4. The molecule has 2 nitrogen and oxygen atoms in total. The van der Waals surface area contributed by atoms with Crippen LogP contribution in [0.15, 0.2) is 12.2 Å². The van der Waals surface area contributed by atoms with Gasteiger partial charge < -0.3 is 4.74 Å². The number of carbonyl (C=O) groups is 1. The van der Waals surface area contributed by atoms with E-state index in [0.29, 0.717) is 12.2 Å². The van der Waals surface area contributed by atoms with Gasteiger partial charge in [-0.15, -0.1) is 0 Å². The van der Waals surface area contributed by atoms with Crippen molar-refractivity contribution in [2.24, 2.45) is 0 Å². The summed E-state index contributed by atoms with van der Waals surface area (Å²) in [5.74, 6) is -0.262. The summed E-state index contributed by atoms with van der Waals surface area (Å²) in [6.07, 6.45) is 13.8. The van der Waals surface area contributed by atoms with Crippen LogP contribution in [0.5, 0.6) is 0 Å². The number of unbranched alkanes of at least 4 members (excludes halogenated alkanes) is 10. The minimum absolute atomic E-state index is 0.262. The van der Waals surface area contributed by atoms with E-state index in [4.69, 9.17) is 4.74 Å². The largest absolute Gasteiger partial charge is 0.462 e. The van der Waals surface area contributed by atoms with E-state index in [9.17, 15) is 4.79 Å². The molecule has 0 unspecified atom stereocenters. The molecule has 0 bridgehead atoms. The average Bonchev–Trinajstić information content (AvgIpc) is 2.39. The van der Waals surface area contributed by atoms with Crippen LogP contribution in [-0.2, 0) is 9.53 Å². The van der Waals surface area contributed by atoms with Crippen molar-refractivity contribution in [1.29, 1.82) is 0 Å². The minimum Gasteiger partial charge on any atom is -0.462 e. The molecule has 0 rings (SSSR count). The van der Waals surface area contributed by atoms with Crippen molar-refractivity contribution in [3.05, 3.63) is 19.1 Å². The second-order valence-corrected chi connectivity index (χ2v) is 5.31. The van der Waals surface area contributed by atoms with Crippen LogP contribution in [0, 0.1) is 6.92 Å². The Hall–Kier alpha value is -0.790. The zero-order valence-corrected chi connectivity index (χ0v) is 12.7. The molecule has 1 radical (unpaired) electrons. The fourth-order valence-electron chi connectivity index (χ4n) is 1.98. The van der Waals surface area contributed by atoms with Crippen molar-refractivity contribution in [3.8, 4) is 0 Å². The van der Waals surface area contributed by atoms with Gasteiger partial charge in [-0.1, -0.05) is 77.7 Å². The molecule has 0 aromatic carbocycles. The third kappa shape index (κ3) is 13.4. The maximum Gasteiger partial charge on any atom is 0.333 e. The Morgan fingerprint density at radius 3 is 1.68 bits per heavy atom. The second-order valence-electron chi connectivity index (χ2n) is 5.31. The fraction of sp³-hybridized carbons (Fsp3) is 0.765. The highest BCUT2D eigenvalue weighted by Crippen LogP contribution is 2.11. The van der Waals surface area contributed by atoms with Crippen molar-refractivity contribution in [2.75, 3.05) is 6.61 Å². The smallest absolute Gasteiger partial charge is 0.333 e. The van der Waals surface area contributed by atoms with Crippen LogP contribution in [0.3, 0.4) is 0 Å². The van der Waals surface area contributed by atoms with Crippen LogP contribution >= 0.6 is 0 Å². The summed E-state index contributed by atoms with van der Waals surface area (Å²) in [6, 6.07) is 0. The van der Waals surface area contributed by atoms with Gasteiger partial charge in [0.05, 0.1) is 6.61 Å². The van der Waals surface area contributed by atoms with E-state index in [2.05, 4.69) is 13.5 Å². The van der Waals surface area contributed by atoms with Gasteiger partial charge in [0.1, 0.15) is 0 Å². The van der Waals surface area contributed by atoms with E-state index in [0.717, 1.165) is 19.3 Å². The molecule has 19 heavy (non-hydrogen) atoms. The molecule has 111 valence electrons. The highest BCUT2D eigenvalue weighted by atomic mass is 16.5. The maximum absolute atomic E-state index is 11.1. The van der Waals surface area contributed by atoms with E-state index in [-0.39, 0.29) is 5.97 Å². The van der Waals surface area contributed by atoms with Gasteiger partial charge >= 0.3 is 5.97 Å². The molecule has 0 aliphatic carbocycles. The third-order valence-electron chi connectivity index (χ3n) is 3.23. The fourth-order valence-corrected chi connectivity index (χ4v) is 1.98. The van der Waals surface area contributed by atoms with Crippen molar-refractivity contribution >= 4 is 5.97 Å². The lowest BCUT2D eigenvalue weighted by atomic mass is 10.1. The molecule has 0 aliphatic heterocycles. The van der Waals surface area contributed by atoms with E-state index >= 15 is 0 Å². The average molecular weight is 267 g/mol. The van der Waals surface area contributed by atoms with E-state index < -0.39 is 0 Å². The molecule has 2 heteroatoms. The first-order valence-electron chi connectivity index (χ1n) is 7.80.